The SMILES string of the molecule is Cc1nc(C2CCCC(C)C2)c(N)n1Cc1ccccc1. The molecular formula is C18H25N3. The molecule has 1 aliphatic rings. The van der Waals surface area contributed by atoms with E-state index in [1.165, 1.54) is 31.2 Å². The number of aromatic nitrogens is 2. The molecule has 2 atom stereocenters. The van der Waals surface area contributed by atoms with Gasteiger partial charge >= 0.3 is 0 Å². The Kier molecular flexibility index (Phi) is 4.00. The third-order valence-electron chi connectivity index (χ3n) is 4.73. The lowest BCUT2D eigenvalue weighted by atomic mass is 9.81. The second kappa shape index (κ2) is 5.92. The average Bonchev–Trinajstić information content (AvgIpc) is 2.76. The van der Waals surface area contributed by atoms with Crippen LogP contribution in [0.3, 0.4) is 0 Å². The van der Waals surface area contributed by atoms with E-state index in [0.29, 0.717) is 5.92 Å². The van der Waals surface area contributed by atoms with Gasteiger partial charge in [-0.15, -0.1) is 0 Å². The van der Waals surface area contributed by atoms with Crippen LogP contribution in [0.4, 0.5) is 5.82 Å². The Balaban J connectivity index is 1.86. The van der Waals surface area contributed by atoms with Gasteiger partial charge in [-0.2, -0.15) is 0 Å². The lowest BCUT2D eigenvalue weighted by molar-refractivity contribution is 0.341. The first-order valence-corrected chi connectivity index (χ1v) is 8.01. The first kappa shape index (κ1) is 14.2. The van der Waals surface area contributed by atoms with Gasteiger partial charge < -0.3 is 10.3 Å². The van der Waals surface area contributed by atoms with E-state index in [1.807, 2.05) is 6.07 Å². The third kappa shape index (κ3) is 2.97. The van der Waals surface area contributed by atoms with E-state index in [4.69, 9.17) is 10.7 Å². The molecule has 3 nitrogen and oxygen atoms in total. The number of imidazole rings is 1. The predicted octanol–water partition coefficient (Wildman–Crippen LogP) is 4.12. The van der Waals surface area contributed by atoms with Gasteiger partial charge in [0.1, 0.15) is 11.6 Å². The van der Waals surface area contributed by atoms with Gasteiger partial charge in [0.05, 0.1) is 12.2 Å². The second-order valence-electron chi connectivity index (χ2n) is 6.47. The number of nitrogens with zero attached hydrogens (tertiary/aromatic N) is 2. The van der Waals surface area contributed by atoms with Gasteiger partial charge in [0, 0.05) is 5.92 Å². The lowest BCUT2D eigenvalue weighted by Crippen LogP contribution is -2.14. The summed E-state index contributed by atoms with van der Waals surface area (Å²) in [4.78, 5) is 4.80. The number of hydrogen-bond donors (Lipinski definition) is 1. The van der Waals surface area contributed by atoms with Crippen LogP contribution < -0.4 is 5.73 Å². The Morgan fingerprint density at radius 1 is 1.24 bits per heavy atom. The standard InChI is InChI=1S/C18H25N3/c1-13-7-6-10-16(11-13)17-18(19)21(14(2)20-17)12-15-8-4-3-5-9-15/h3-5,8-9,13,16H,6-7,10-12,19H2,1-2H3. The number of rotatable bonds is 3. The molecule has 112 valence electrons. The summed E-state index contributed by atoms with van der Waals surface area (Å²) in [6.07, 6.45) is 5.11. The molecule has 0 bridgehead atoms. The molecule has 2 N–H and O–H groups in total. The fraction of sp³-hybridized carbons (Fsp3) is 0.500. The number of aryl methyl sites for hydroxylation is 1. The van der Waals surface area contributed by atoms with E-state index in [1.54, 1.807) is 0 Å². The molecule has 1 fully saturated rings. The Labute approximate surface area is 127 Å². The maximum absolute atomic E-state index is 6.43. The average molecular weight is 283 g/mol. The van der Waals surface area contributed by atoms with Crippen LogP contribution in [0.1, 0.15) is 55.6 Å². The van der Waals surface area contributed by atoms with Gasteiger partial charge in [-0.05, 0) is 31.2 Å². The van der Waals surface area contributed by atoms with Crippen molar-refractivity contribution < 1.29 is 0 Å². The van der Waals surface area contributed by atoms with Gasteiger partial charge in [-0.25, -0.2) is 4.98 Å². The molecule has 1 aromatic carbocycles. The molecule has 0 aliphatic heterocycles. The van der Waals surface area contributed by atoms with E-state index >= 15 is 0 Å². The summed E-state index contributed by atoms with van der Waals surface area (Å²) in [6.45, 7) is 5.22. The van der Waals surface area contributed by atoms with Crippen LogP contribution in [0.5, 0.6) is 0 Å². The number of nitrogens with two attached hydrogens (primary N) is 1. The fourth-order valence-corrected chi connectivity index (χ4v) is 3.55. The van der Waals surface area contributed by atoms with Crippen LogP contribution in [-0.2, 0) is 6.54 Å². The van der Waals surface area contributed by atoms with E-state index in [-0.39, 0.29) is 0 Å². The van der Waals surface area contributed by atoms with Gasteiger partial charge in [-0.3, -0.25) is 0 Å². The monoisotopic (exact) mass is 283 g/mol. The third-order valence-corrected chi connectivity index (χ3v) is 4.73. The molecule has 1 aliphatic carbocycles. The van der Waals surface area contributed by atoms with Crippen LogP contribution in [-0.4, -0.2) is 9.55 Å². The molecule has 0 radical (unpaired) electrons. The Morgan fingerprint density at radius 3 is 2.71 bits per heavy atom. The van der Waals surface area contributed by atoms with Crippen LogP contribution in [0.25, 0.3) is 0 Å². The highest BCUT2D eigenvalue weighted by atomic mass is 15.1. The molecule has 21 heavy (non-hydrogen) atoms. The van der Waals surface area contributed by atoms with Gasteiger partial charge in [0.25, 0.3) is 0 Å². The van der Waals surface area contributed by atoms with E-state index < -0.39 is 0 Å². The van der Waals surface area contributed by atoms with Crippen molar-refractivity contribution in [2.24, 2.45) is 5.92 Å². The van der Waals surface area contributed by atoms with E-state index in [2.05, 4.69) is 42.7 Å². The minimum absolute atomic E-state index is 0.546. The van der Waals surface area contributed by atoms with Crippen molar-refractivity contribution in [2.75, 3.05) is 5.73 Å². The molecule has 0 saturated heterocycles. The molecule has 0 spiro atoms. The first-order valence-electron chi connectivity index (χ1n) is 8.01. The lowest BCUT2D eigenvalue weighted by Gasteiger charge is -2.25. The van der Waals surface area contributed by atoms with Crippen molar-refractivity contribution >= 4 is 5.82 Å². The molecule has 0 amide bonds. The summed E-state index contributed by atoms with van der Waals surface area (Å²) < 4.78 is 2.16. The molecule has 3 rings (SSSR count). The fourth-order valence-electron chi connectivity index (χ4n) is 3.55. The minimum Gasteiger partial charge on any atom is -0.384 e. The van der Waals surface area contributed by atoms with Crippen molar-refractivity contribution in [1.29, 1.82) is 0 Å². The van der Waals surface area contributed by atoms with Gasteiger partial charge in [-0.1, -0.05) is 50.1 Å². The number of nitrogen functional groups attached to an aromatic ring is 1. The molecule has 1 saturated carbocycles. The first-order chi connectivity index (χ1) is 10.1. The van der Waals surface area contributed by atoms with Crippen LogP contribution in [0, 0.1) is 12.8 Å². The highest BCUT2D eigenvalue weighted by Crippen LogP contribution is 2.38. The maximum Gasteiger partial charge on any atom is 0.127 e. The van der Waals surface area contributed by atoms with Crippen LogP contribution >= 0.6 is 0 Å². The molecule has 1 heterocycles. The van der Waals surface area contributed by atoms with Crippen molar-refractivity contribution in [1.82, 2.24) is 9.55 Å². The topological polar surface area (TPSA) is 43.8 Å². The quantitative estimate of drug-likeness (QED) is 0.921. The number of hydrogen-bond acceptors (Lipinski definition) is 2. The van der Waals surface area contributed by atoms with Crippen molar-refractivity contribution in [3.05, 3.63) is 47.4 Å². The zero-order valence-corrected chi connectivity index (χ0v) is 13.0. The smallest absolute Gasteiger partial charge is 0.127 e. The highest BCUT2D eigenvalue weighted by Gasteiger charge is 2.25. The summed E-state index contributed by atoms with van der Waals surface area (Å²) in [5.74, 6) is 3.24. The van der Waals surface area contributed by atoms with Crippen LogP contribution in [0.15, 0.2) is 30.3 Å². The van der Waals surface area contributed by atoms with E-state index in [9.17, 15) is 0 Å². The summed E-state index contributed by atoms with van der Waals surface area (Å²) in [6, 6.07) is 10.5. The second-order valence-corrected chi connectivity index (χ2v) is 6.47. The Morgan fingerprint density at radius 2 is 2.00 bits per heavy atom. The van der Waals surface area contributed by atoms with Crippen LogP contribution in [0.2, 0.25) is 0 Å². The molecule has 2 unspecified atom stereocenters. The summed E-state index contributed by atoms with van der Waals surface area (Å²) in [5, 5.41) is 0. The largest absolute Gasteiger partial charge is 0.384 e. The molecular weight excluding hydrogens is 258 g/mol. The number of anilines is 1. The van der Waals surface area contributed by atoms with Crippen molar-refractivity contribution in [2.45, 2.75) is 52.0 Å². The van der Waals surface area contributed by atoms with E-state index in [0.717, 1.165) is 29.8 Å². The van der Waals surface area contributed by atoms with Gasteiger partial charge in [0.15, 0.2) is 0 Å². The predicted molar refractivity (Wildman–Crippen MR) is 87.3 cm³/mol. The summed E-state index contributed by atoms with van der Waals surface area (Å²) in [5.41, 5.74) is 8.83. The van der Waals surface area contributed by atoms with Crippen molar-refractivity contribution in [3.8, 4) is 0 Å². The molecule has 3 heteroatoms. The summed E-state index contributed by atoms with van der Waals surface area (Å²) >= 11 is 0. The molecule has 1 aromatic heterocycles. The summed E-state index contributed by atoms with van der Waals surface area (Å²) in [7, 11) is 0. The maximum atomic E-state index is 6.43. The zero-order valence-electron chi connectivity index (χ0n) is 13.0. The van der Waals surface area contributed by atoms with Crippen molar-refractivity contribution in [3.63, 3.8) is 0 Å². The highest BCUT2D eigenvalue weighted by molar-refractivity contribution is 5.41. The Hall–Kier alpha value is -1.77. The zero-order chi connectivity index (χ0) is 14.8. The Bertz CT molecular complexity index is 600. The number of benzene rings is 1. The normalized spacial score (nSPS) is 22.4. The molecule has 2 aromatic rings. The van der Waals surface area contributed by atoms with Gasteiger partial charge in [0.2, 0.25) is 0 Å². The minimum atomic E-state index is 0.546.